The van der Waals surface area contributed by atoms with Gasteiger partial charge in [-0.2, -0.15) is 0 Å². The van der Waals surface area contributed by atoms with Crippen molar-refractivity contribution in [2.24, 2.45) is 0 Å². The molecule has 2 rings (SSSR count). The van der Waals surface area contributed by atoms with Crippen molar-refractivity contribution in [3.8, 4) is 10.6 Å². The Bertz CT molecular complexity index is 498. The molecule has 0 amide bonds. The highest BCUT2D eigenvalue weighted by molar-refractivity contribution is 7.15. The molecule has 0 saturated heterocycles. The molecule has 0 aliphatic rings. The third kappa shape index (κ3) is 2.25. The number of hydrogen-bond acceptors (Lipinski definition) is 3. The van der Waals surface area contributed by atoms with Crippen molar-refractivity contribution in [3.63, 3.8) is 0 Å². The first-order valence-corrected chi connectivity index (χ1v) is 5.53. The molecule has 1 heterocycles. The predicted molar refractivity (Wildman–Crippen MR) is 58.3 cm³/mol. The van der Waals surface area contributed by atoms with Gasteiger partial charge in [0.05, 0.1) is 0 Å². The summed E-state index contributed by atoms with van der Waals surface area (Å²) in [6.45, 7) is 0.0353. The van der Waals surface area contributed by atoms with Crippen LogP contribution in [0.5, 0.6) is 0 Å². The highest BCUT2D eigenvalue weighted by atomic mass is 32.1. The van der Waals surface area contributed by atoms with Crippen molar-refractivity contribution in [1.82, 2.24) is 4.98 Å². The molecule has 1 N–H and O–H groups in total. The van der Waals surface area contributed by atoms with Crippen LogP contribution in [0.2, 0.25) is 0 Å². The van der Waals surface area contributed by atoms with E-state index in [0.717, 1.165) is 10.9 Å². The summed E-state index contributed by atoms with van der Waals surface area (Å²) in [5, 5.41) is 9.25. The summed E-state index contributed by atoms with van der Waals surface area (Å²) in [5.74, 6) is -1.22. The second-order valence-electron chi connectivity index (χ2n) is 3.23. The van der Waals surface area contributed by atoms with E-state index in [-0.39, 0.29) is 12.2 Å². The lowest BCUT2D eigenvalue weighted by Crippen LogP contribution is -1.85. The standard InChI is InChI=1S/C11H9F2NOS/c12-7-1-2-9(10(13)5-7)11-14-6-8(16-11)3-4-15/h1-2,5-6,15H,3-4H2. The largest absolute Gasteiger partial charge is 0.396 e. The zero-order valence-corrected chi connectivity index (χ0v) is 9.10. The summed E-state index contributed by atoms with van der Waals surface area (Å²) in [5.41, 5.74) is 0.288. The lowest BCUT2D eigenvalue weighted by Gasteiger charge is -1.98. The lowest BCUT2D eigenvalue weighted by atomic mass is 10.2. The maximum Gasteiger partial charge on any atom is 0.136 e. The molecular formula is C11H9F2NOS. The summed E-state index contributed by atoms with van der Waals surface area (Å²) in [6, 6.07) is 3.40. The van der Waals surface area contributed by atoms with Crippen LogP contribution in [0.15, 0.2) is 24.4 Å². The van der Waals surface area contributed by atoms with Crippen LogP contribution in [0.3, 0.4) is 0 Å². The highest BCUT2D eigenvalue weighted by Gasteiger charge is 2.10. The Labute approximate surface area is 95.2 Å². The van der Waals surface area contributed by atoms with Gasteiger partial charge in [0.15, 0.2) is 0 Å². The summed E-state index contributed by atoms with van der Waals surface area (Å²) in [6.07, 6.45) is 2.10. The molecule has 84 valence electrons. The predicted octanol–water partition coefficient (Wildman–Crippen LogP) is 2.62. The number of aromatic nitrogens is 1. The van der Waals surface area contributed by atoms with E-state index >= 15 is 0 Å². The number of hydrogen-bond donors (Lipinski definition) is 1. The number of halogens is 2. The Morgan fingerprint density at radius 2 is 2.12 bits per heavy atom. The normalized spacial score (nSPS) is 10.7. The molecule has 0 radical (unpaired) electrons. The van der Waals surface area contributed by atoms with Crippen molar-refractivity contribution in [1.29, 1.82) is 0 Å². The number of thiazole rings is 1. The lowest BCUT2D eigenvalue weighted by molar-refractivity contribution is 0.300. The smallest absolute Gasteiger partial charge is 0.136 e. The zero-order valence-electron chi connectivity index (χ0n) is 8.28. The van der Waals surface area contributed by atoms with Crippen molar-refractivity contribution in [2.75, 3.05) is 6.61 Å². The van der Waals surface area contributed by atoms with Gasteiger partial charge in [0, 0.05) is 35.7 Å². The molecule has 1 aromatic heterocycles. The number of rotatable bonds is 3. The van der Waals surface area contributed by atoms with Crippen LogP contribution in [-0.4, -0.2) is 16.7 Å². The average Bonchev–Trinajstić information content (AvgIpc) is 2.67. The maximum absolute atomic E-state index is 13.4. The van der Waals surface area contributed by atoms with Crippen molar-refractivity contribution >= 4 is 11.3 Å². The van der Waals surface area contributed by atoms with Crippen LogP contribution in [0.1, 0.15) is 4.88 Å². The third-order valence-corrected chi connectivity index (χ3v) is 3.16. The van der Waals surface area contributed by atoms with Crippen LogP contribution in [0.4, 0.5) is 8.78 Å². The first-order chi connectivity index (χ1) is 7.70. The number of aliphatic hydroxyl groups is 1. The molecule has 0 fully saturated rings. The summed E-state index contributed by atoms with van der Waals surface area (Å²) in [7, 11) is 0. The summed E-state index contributed by atoms with van der Waals surface area (Å²) in [4.78, 5) is 4.92. The van der Waals surface area contributed by atoms with Crippen molar-refractivity contribution in [2.45, 2.75) is 6.42 Å². The van der Waals surface area contributed by atoms with E-state index in [1.807, 2.05) is 0 Å². The Morgan fingerprint density at radius 3 is 2.81 bits per heavy atom. The van der Waals surface area contributed by atoms with Gasteiger partial charge >= 0.3 is 0 Å². The van der Waals surface area contributed by atoms with E-state index in [1.165, 1.54) is 23.5 Å². The Morgan fingerprint density at radius 1 is 1.31 bits per heavy atom. The molecule has 1 aromatic carbocycles. The molecule has 0 aliphatic carbocycles. The van der Waals surface area contributed by atoms with E-state index in [0.29, 0.717) is 11.4 Å². The van der Waals surface area contributed by atoms with E-state index in [1.54, 1.807) is 6.20 Å². The quantitative estimate of drug-likeness (QED) is 0.896. The van der Waals surface area contributed by atoms with Crippen LogP contribution in [0, 0.1) is 11.6 Å². The number of aliphatic hydroxyl groups excluding tert-OH is 1. The second-order valence-corrected chi connectivity index (χ2v) is 4.34. The van der Waals surface area contributed by atoms with E-state index in [9.17, 15) is 8.78 Å². The minimum absolute atomic E-state index is 0.0353. The summed E-state index contributed by atoms with van der Waals surface area (Å²) >= 11 is 1.30. The molecule has 0 bridgehead atoms. The fraction of sp³-hybridized carbons (Fsp3) is 0.182. The SMILES string of the molecule is OCCc1cnc(-c2ccc(F)cc2F)s1. The second kappa shape index (κ2) is 4.67. The summed E-state index contributed by atoms with van der Waals surface area (Å²) < 4.78 is 26.1. The first-order valence-electron chi connectivity index (χ1n) is 4.71. The van der Waals surface area contributed by atoms with Gasteiger partial charge in [0.1, 0.15) is 16.6 Å². The molecule has 0 spiro atoms. The Kier molecular flexibility index (Phi) is 3.26. The minimum atomic E-state index is -0.620. The molecule has 2 aromatic rings. The Hall–Kier alpha value is -1.33. The highest BCUT2D eigenvalue weighted by Crippen LogP contribution is 2.27. The van der Waals surface area contributed by atoms with Crippen LogP contribution < -0.4 is 0 Å². The van der Waals surface area contributed by atoms with E-state index in [4.69, 9.17) is 5.11 Å². The van der Waals surface area contributed by atoms with Crippen molar-refractivity contribution in [3.05, 3.63) is 40.9 Å². The number of nitrogens with zero attached hydrogens (tertiary/aromatic N) is 1. The molecule has 0 aliphatic heterocycles. The van der Waals surface area contributed by atoms with Gasteiger partial charge in [0.2, 0.25) is 0 Å². The van der Waals surface area contributed by atoms with Gasteiger partial charge in [-0.05, 0) is 12.1 Å². The number of benzene rings is 1. The zero-order chi connectivity index (χ0) is 11.5. The molecule has 16 heavy (non-hydrogen) atoms. The fourth-order valence-corrected chi connectivity index (χ4v) is 2.25. The van der Waals surface area contributed by atoms with Crippen LogP contribution in [0.25, 0.3) is 10.6 Å². The third-order valence-electron chi connectivity index (χ3n) is 2.07. The van der Waals surface area contributed by atoms with Gasteiger partial charge in [-0.3, -0.25) is 0 Å². The van der Waals surface area contributed by atoms with E-state index < -0.39 is 11.6 Å². The molecule has 5 heteroatoms. The topological polar surface area (TPSA) is 33.1 Å². The van der Waals surface area contributed by atoms with E-state index in [2.05, 4.69) is 4.98 Å². The van der Waals surface area contributed by atoms with Gasteiger partial charge in [-0.15, -0.1) is 11.3 Å². The molecule has 0 saturated carbocycles. The van der Waals surface area contributed by atoms with Gasteiger partial charge in [-0.25, -0.2) is 13.8 Å². The molecule has 0 unspecified atom stereocenters. The van der Waals surface area contributed by atoms with Crippen LogP contribution >= 0.6 is 11.3 Å². The molecule has 0 atom stereocenters. The monoisotopic (exact) mass is 241 g/mol. The molecular weight excluding hydrogens is 232 g/mol. The minimum Gasteiger partial charge on any atom is -0.396 e. The van der Waals surface area contributed by atoms with Gasteiger partial charge in [-0.1, -0.05) is 0 Å². The maximum atomic E-state index is 13.4. The van der Waals surface area contributed by atoms with Crippen LogP contribution in [-0.2, 0) is 6.42 Å². The first kappa shape index (κ1) is 11.2. The fourth-order valence-electron chi connectivity index (χ4n) is 1.32. The molecule has 2 nitrogen and oxygen atoms in total. The Balaban J connectivity index is 2.35. The van der Waals surface area contributed by atoms with Gasteiger partial charge < -0.3 is 5.11 Å². The van der Waals surface area contributed by atoms with Crippen molar-refractivity contribution < 1.29 is 13.9 Å². The van der Waals surface area contributed by atoms with Gasteiger partial charge in [0.25, 0.3) is 0 Å². The average molecular weight is 241 g/mol.